The van der Waals surface area contributed by atoms with Gasteiger partial charge in [0.1, 0.15) is 11.5 Å². The van der Waals surface area contributed by atoms with Crippen LogP contribution in [0.25, 0.3) is 0 Å². The molecule has 0 atom stereocenters. The van der Waals surface area contributed by atoms with E-state index in [0.717, 1.165) is 29.3 Å². The van der Waals surface area contributed by atoms with Crippen LogP contribution in [0.2, 0.25) is 0 Å². The Kier molecular flexibility index (Phi) is 9.17. The maximum absolute atomic E-state index is 5.59. The lowest BCUT2D eigenvalue weighted by molar-refractivity contribution is 0.247. The number of ether oxygens (including phenoxy) is 2. The van der Waals surface area contributed by atoms with Gasteiger partial charge in [-0.25, -0.2) is 0 Å². The summed E-state index contributed by atoms with van der Waals surface area (Å²) in [6, 6.07) is 14.7. The number of halogens is 2. The van der Waals surface area contributed by atoms with Crippen LogP contribution >= 0.6 is 24.8 Å². The van der Waals surface area contributed by atoms with Gasteiger partial charge in [0.2, 0.25) is 0 Å². The van der Waals surface area contributed by atoms with Gasteiger partial charge in [-0.2, -0.15) is 0 Å². The van der Waals surface area contributed by atoms with Gasteiger partial charge in [0.15, 0.2) is 0 Å². The standard InChI is InChI=1S/C15H18N2O2.2ClH/c16-12-2-6-14(7-3-12)18-10-1-11-19-15-8-4-13(17)5-9-15;;/h2-9H,1,10-11,16-17H2;2*1H. The number of nitrogen functional groups attached to an aromatic ring is 2. The summed E-state index contributed by atoms with van der Waals surface area (Å²) in [6.07, 6.45) is 0.814. The van der Waals surface area contributed by atoms with Crippen LogP contribution in [0.4, 0.5) is 11.4 Å². The smallest absolute Gasteiger partial charge is 0.119 e. The quantitative estimate of drug-likeness (QED) is 0.627. The average Bonchev–Trinajstić information content (AvgIpc) is 2.43. The summed E-state index contributed by atoms with van der Waals surface area (Å²) >= 11 is 0. The van der Waals surface area contributed by atoms with Crippen molar-refractivity contribution in [1.29, 1.82) is 0 Å². The molecule has 2 aromatic carbocycles. The van der Waals surface area contributed by atoms with Crippen LogP contribution in [-0.4, -0.2) is 13.2 Å². The van der Waals surface area contributed by atoms with Gasteiger partial charge in [0, 0.05) is 17.8 Å². The first-order valence-corrected chi connectivity index (χ1v) is 6.21. The van der Waals surface area contributed by atoms with E-state index in [2.05, 4.69) is 0 Å². The summed E-state index contributed by atoms with van der Waals surface area (Å²) < 4.78 is 11.1. The Balaban J connectivity index is 0.00000200. The van der Waals surface area contributed by atoms with E-state index in [0.29, 0.717) is 13.2 Å². The van der Waals surface area contributed by atoms with E-state index in [1.54, 1.807) is 0 Å². The number of benzene rings is 2. The van der Waals surface area contributed by atoms with E-state index in [4.69, 9.17) is 20.9 Å². The lowest BCUT2D eigenvalue weighted by atomic mass is 10.3. The maximum Gasteiger partial charge on any atom is 0.119 e. The van der Waals surface area contributed by atoms with E-state index >= 15 is 0 Å². The molecule has 0 aliphatic carbocycles. The van der Waals surface area contributed by atoms with E-state index in [-0.39, 0.29) is 24.8 Å². The lowest BCUT2D eigenvalue weighted by Crippen LogP contribution is -2.05. The molecule has 0 bridgehead atoms. The highest BCUT2D eigenvalue weighted by molar-refractivity contribution is 5.85. The molecule has 4 nitrogen and oxygen atoms in total. The van der Waals surface area contributed by atoms with Crippen molar-refractivity contribution < 1.29 is 9.47 Å². The third-order valence-corrected chi connectivity index (χ3v) is 2.59. The summed E-state index contributed by atoms with van der Waals surface area (Å²) in [5.41, 5.74) is 12.7. The lowest BCUT2D eigenvalue weighted by Gasteiger charge is -2.08. The van der Waals surface area contributed by atoms with Crippen LogP contribution in [0.5, 0.6) is 11.5 Å². The van der Waals surface area contributed by atoms with Crippen molar-refractivity contribution in [3.8, 4) is 11.5 Å². The van der Waals surface area contributed by atoms with Crippen LogP contribution < -0.4 is 20.9 Å². The molecule has 0 amide bonds. The van der Waals surface area contributed by atoms with Crippen LogP contribution in [0.15, 0.2) is 48.5 Å². The Morgan fingerprint density at radius 2 is 0.952 bits per heavy atom. The van der Waals surface area contributed by atoms with Gasteiger partial charge < -0.3 is 20.9 Å². The molecule has 0 saturated heterocycles. The molecule has 0 fully saturated rings. The highest BCUT2D eigenvalue weighted by Gasteiger charge is 1.96. The van der Waals surface area contributed by atoms with E-state index in [1.807, 2.05) is 48.5 Å². The Hall–Kier alpha value is -1.78. The van der Waals surface area contributed by atoms with E-state index in [9.17, 15) is 0 Å². The van der Waals surface area contributed by atoms with Crippen molar-refractivity contribution in [2.45, 2.75) is 6.42 Å². The molecule has 6 heteroatoms. The van der Waals surface area contributed by atoms with Gasteiger partial charge in [0.25, 0.3) is 0 Å². The molecule has 2 rings (SSSR count). The van der Waals surface area contributed by atoms with Crippen molar-refractivity contribution in [2.75, 3.05) is 24.7 Å². The molecular weight excluding hydrogens is 311 g/mol. The molecule has 0 radical (unpaired) electrons. The molecule has 0 spiro atoms. The van der Waals surface area contributed by atoms with Gasteiger partial charge in [-0.05, 0) is 48.5 Å². The number of rotatable bonds is 6. The molecule has 2 aromatic rings. The van der Waals surface area contributed by atoms with E-state index < -0.39 is 0 Å². The molecule has 0 saturated carbocycles. The molecule has 21 heavy (non-hydrogen) atoms. The number of hydrogen-bond donors (Lipinski definition) is 2. The Labute approximate surface area is 137 Å². The van der Waals surface area contributed by atoms with Crippen molar-refractivity contribution in [3.63, 3.8) is 0 Å². The molecule has 0 aliphatic rings. The third kappa shape index (κ3) is 6.97. The molecule has 4 N–H and O–H groups in total. The van der Waals surface area contributed by atoms with Gasteiger partial charge in [-0.3, -0.25) is 0 Å². The van der Waals surface area contributed by atoms with Gasteiger partial charge in [-0.15, -0.1) is 24.8 Å². The first kappa shape index (κ1) is 19.2. The second-order valence-corrected chi connectivity index (χ2v) is 4.19. The monoisotopic (exact) mass is 330 g/mol. The zero-order valence-corrected chi connectivity index (χ0v) is 13.2. The fourth-order valence-electron chi connectivity index (χ4n) is 1.57. The first-order chi connectivity index (χ1) is 9.24. The summed E-state index contributed by atoms with van der Waals surface area (Å²) in [6.45, 7) is 1.22. The molecule has 0 unspecified atom stereocenters. The second-order valence-electron chi connectivity index (χ2n) is 4.19. The normalized spacial score (nSPS) is 9.14. The second kappa shape index (κ2) is 10.0. The summed E-state index contributed by atoms with van der Waals surface area (Å²) in [5.74, 6) is 1.64. The van der Waals surface area contributed by atoms with Crippen molar-refractivity contribution >= 4 is 36.2 Å². The summed E-state index contributed by atoms with van der Waals surface area (Å²) in [5, 5.41) is 0. The minimum absolute atomic E-state index is 0. The minimum atomic E-state index is 0. The Morgan fingerprint density at radius 1 is 0.619 bits per heavy atom. The molecule has 0 aromatic heterocycles. The first-order valence-electron chi connectivity index (χ1n) is 6.21. The summed E-state index contributed by atoms with van der Waals surface area (Å²) in [4.78, 5) is 0. The van der Waals surface area contributed by atoms with Gasteiger partial charge in [0.05, 0.1) is 13.2 Å². The van der Waals surface area contributed by atoms with Crippen molar-refractivity contribution in [1.82, 2.24) is 0 Å². The SMILES string of the molecule is Cl.Cl.Nc1ccc(OCCCOc2ccc(N)cc2)cc1. The molecule has 116 valence electrons. The Morgan fingerprint density at radius 3 is 1.29 bits per heavy atom. The predicted molar refractivity (Wildman–Crippen MR) is 91.8 cm³/mol. The average molecular weight is 331 g/mol. The van der Waals surface area contributed by atoms with Crippen LogP contribution in [0.3, 0.4) is 0 Å². The highest BCUT2D eigenvalue weighted by Crippen LogP contribution is 2.14. The molecule has 0 aliphatic heterocycles. The Bertz CT molecular complexity index is 457. The topological polar surface area (TPSA) is 70.5 Å². The van der Waals surface area contributed by atoms with Crippen LogP contribution in [0, 0.1) is 0 Å². The largest absolute Gasteiger partial charge is 0.493 e. The van der Waals surface area contributed by atoms with Crippen molar-refractivity contribution in [3.05, 3.63) is 48.5 Å². The number of anilines is 2. The van der Waals surface area contributed by atoms with Gasteiger partial charge >= 0.3 is 0 Å². The number of nitrogens with two attached hydrogens (primary N) is 2. The zero-order chi connectivity index (χ0) is 13.5. The summed E-state index contributed by atoms with van der Waals surface area (Å²) in [7, 11) is 0. The zero-order valence-electron chi connectivity index (χ0n) is 11.5. The van der Waals surface area contributed by atoms with Crippen LogP contribution in [-0.2, 0) is 0 Å². The fraction of sp³-hybridized carbons (Fsp3) is 0.200. The van der Waals surface area contributed by atoms with E-state index in [1.165, 1.54) is 0 Å². The van der Waals surface area contributed by atoms with Gasteiger partial charge in [-0.1, -0.05) is 0 Å². The van der Waals surface area contributed by atoms with Crippen molar-refractivity contribution in [2.24, 2.45) is 0 Å². The molecular formula is C15H20Cl2N2O2. The predicted octanol–water partition coefficient (Wildman–Crippen LogP) is 3.54. The molecule has 0 heterocycles. The fourth-order valence-corrected chi connectivity index (χ4v) is 1.57. The minimum Gasteiger partial charge on any atom is -0.493 e. The number of hydrogen-bond acceptors (Lipinski definition) is 4. The van der Waals surface area contributed by atoms with Crippen LogP contribution in [0.1, 0.15) is 6.42 Å². The highest BCUT2D eigenvalue weighted by atomic mass is 35.5. The third-order valence-electron chi connectivity index (χ3n) is 2.59. The maximum atomic E-state index is 5.59.